The molecule has 0 aliphatic heterocycles. The molecule has 2 rings (SSSR count). The fraction of sp³-hybridized carbons (Fsp3) is 0.429. The molecule has 21 heavy (non-hydrogen) atoms. The first-order valence-electron chi connectivity index (χ1n) is 6.75. The lowest BCUT2D eigenvalue weighted by Crippen LogP contribution is -2.25. The fourth-order valence-corrected chi connectivity index (χ4v) is 2.43. The second-order valence-electron chi connectivity index (χ2n) is 5.93. The minimum atomic E-state index is -1.22. The molecule has 0 fully saturated rings. The van der Waals surface area contributed by atoms with Gasteiger partial charge in [-0.05, 0) is 18.2 Å². The standard InChI is InChI=1S/C14H20N2O4Si/c1-18-11-5-6-13-12(9-11)15-10-16(13)20-14(17)19-7-8-21(2,3)4/h5-6,9-10H,7-8H2,1-4H3. The van der Waals surface area contributed by atoms with Gasteiger partial charge in [0.1, 0.15) is 17.6 Å². The summed E-state index contributed by atoms with van der Waals surface area (Å²) in [7, 11) is 0.365. The van der Waals surface area contributed by atoms with E-state index in [1.54, 1.807) is 25.3 Å². The quantitative estimate of drug-likeness (QED) is 0.628. The number of ether oxygens (including phenoxy) is 2. The Morgan fingerprint density at radius 3 is 2.76 bits per heavy atom. The molecular weight excluding hydrogens is 288 g/mol. The molecule has 1 aromatic carbocycles. The van der Waals surface area contributed by atoms with Crippen LogP contribution in [-0.2, 0) is 4.74 Å². The number of fused-ring (bicyclic) bond motifs is 1. The normalized spacial score (nSPS) is 11.4. The number of rotatable bonds is 5. The minimum absolute atomic E-state index is 0.384. The van der Waals surface area contributed by atoms with Crippen LogP contribution < -0.4 is 9.57 Å². The number of carbonyl (C=O) groups is 1. The highest BCUT2D eigenvalue weighted by Crippen LogP contribution is 2.18. The lowest BCUT2D eigenvalue weighted by Gasteiger charge is -2.15. The van der Waals surface area contributed by atoms with Crippen molar-refractivity contribution in [2.75, 3.05) is 13.7 Å². The van der Waals surface area contributed by atoms with Crippen LogP contribution >= 0.6 is 0 Å². The summed E-state index contributed by atoms with van der Waals surface area (Å²) in [6, 6.07) is 6.23. The van der Waals surface area contributed by atoms with E-state index in [0.29, 0.717) is 23.4 Å². The van der Waals surface area contributed by atoms with Crippen molar-refractivity contribution >= 4 is 25.3 Å². The van der Waals surface area contributed by atoms with Crippen molar-refractivity contribution in [3.8, 4) is 5.75 Å². The molecule has 0 spiro atoms. The van der Waals surface area contributed by atoms with E-state index in [1.807, 2.05) is 0 Å². The number of aromatic nitrogens is 2. The van der Waals surface area contributed by atoms with Gasteiger partial charge in [-0.25, -0.2) is 9.78 Å². The summed E-state index contributed by atoms with van der Waals surface area (Å²) in [5.74, 6) is 0.700. The van der Waals surface area contributed by atoms with Gasteiger partial charge in [0.25, 0.3) is 0 Å². The van der Waals surface area contributed by atoms with E-state index < -0.39 is 14.2 Å². The SMILES string of the molecule is COc1ccc2c(c1)ncn2OC(=O)OCC[Si](C)(C)C. The van der Waals surface area contributed by atoms with E-state index in [0.717, 1.165) is 6.04 Å². The monoisotopic (exact) mass is 308 g/mol. The van der Waals surface area contributed by atoms with Gasteiger partial charge < -0.3 is 9.47 Å². The smallest absolute Gasteiger partial charge is 0.497 e. The Bertz CT molecular complexity index is 633. The molecule has 0 aliphatic rings. The Morgan fingerprint density at radius 1 is 1.33 bits per heavy atom. The van der Waals surface area contributed by atoms with E-state index >= 15 is 0 Å². The molecule has 1 aromatic heterocycles. The third-order valence-corrected chi connectivity index (χ3v) is 4.67. The van der Waals surface area contributed by atoms with Gasteiger partial charge in [0.2, 0.25) is 0 Å². The van der Waals surface area contributed by atoms with E-state index in [-0.39, 0.29) is 0 Å². The first kappa shape index (κ1) is 15.4. The number of hydrogen-bond donors (Lipinski definition) is 0. The topological polar surface area (TPSA) is 62.6 Å². The van der Waals surface area contributed by atoms with Gasteiger partial charge in [-0.3, -0.25) is 4.84 Å². The summed E-state index contributed by atoms with van der Waals surface area (Å²) in [6.07, 6.45) is 0.715. The third-order valence-electron chi connectivity index (χ3n) is 2.97. The van der Waals surface area contributed by atoms with Gasteiger partial charge in [0.15, 0.2) is 0 Å². The second kappa shape index (κ2) is 6.17. The van der Waals surface area contributed by atoms with Crippen LogP contribution in [0.4, 0.5) is 4.79 Å². The number of imidazole rings is 1. The molecule has 2 aromatic rings. The van der Waals surface area contributed by atoms with Crippen LogP contribution in [0.1, 0.15) is 0 Å². The lowest BCUT2D eigenvalue weighted by molar-refractivity contribution is 0.0545. The molecule has 1 heterocycles. The summed E-state index contributed by atoms with van der Waals surface area (Å²) in [4.78, 5) is 20.9. The maximum atomic E-state index is 11.7. The molecule has 0 N–H and O–H groups in total. The Labute approximate surface area is 124 Å². The zero-order valence-corrected chi connectivity index (χ0v) is 13.8. The summed E-state index contributed by atoms with van der Waals surface area (Å²) < 4.78 is 11.5. The number of nitrogens with zero attached hydrogens (tertiary/aromatic N) is 2. The predicted molar refractivity (Wildman–Crippen MR) is 82.4 cm³/mol. The molecule has 0 bridgehead atoms. The fourth-order valence-electron chi connectivity index (χ4n) is 1.72. The number of benzene rings is 1. The van der Waals surface area contributed by atoms with E-state index in [2.05, 4.69) is 24.6 Å². The Kier molecular flexibility index (Phi) is 4.52. The molecule has 0 saturated heterocycles. The first-order valence-corrected chi connectivity index (χ1v) is 10.5. The van der Waals surface area contributed by atoms with Crippen LogP contribution in [0.2, 0.25) is 25.7 Å². The van der Waals surface area contributed by atoms with Crippen molar-refractivity contribution in [2.45, 2.75) is 25.7 Å². The van der Waals surface area contributed by atoms with Crippen LogP contribution in [0.15, 0.2) is 24.5 Å². The first-order chi connectivity index (χ1) is 9.89. The molecule has 0 radical (unpaired) electrons. The van der Waals surface area contributed by atoms with E-state index in [4.69, 9.17) is 14.3 Å². The predicted octanol–water partition coefficient (Wildman–Crippen LogP) is 2.95. The molecule has 0 saturated carbocycles. The van der Waals surface area contributed by atoms with Crippen LogP contribution in [0.25, 0.3) is 11.0 Å². The second-order valence-corrected chi connectivity index (χ2v) is 11.5. The summed E-state index contributed by atoms with van der Waals surface area (Å²) in [5.41, 5.74) is 1.36. The molecular formula is C14H20N2O4Si. The largest absolute Gasteiger partial charge is 0.533 e. The van der Waals surface area contributed by atoms with E-state index in [9.17, 15) is 4.79 Å². The molecule has 6 nitrogen and oxygen atoms in total. The van der Waals surface area contributed by atoms with Gasteiger partial charge in [-0.15, -0.1) is 0 Å². The van der Waals surface area contributed by atoms with Crippen LogP contribution in [0.5, 0.6) is 5.75 Å². The van der Waals surface area contributed by atoms with Crippen molar-refractivity contribution < 1.29 is 19.1 Å². The van der Waals surface area contributed by atoms with E-state index in [1.165, 1.54) is 11.1 Å². The van der Waals surface area contributed by atoms with Crippen LogP contribution in [0.3, 0.4) is 0 Å². The Hall–Kier alpha value is -2.02. The highest BCUT2D eigenvalue weighted by Gasteiger charge is 2.15. The average molecular weight is 308 g/mol. The Balaban J connectivity index is 1.98. The van der Waals surface area contributed by atoms with Crippen LogP contribution in [0, 0.1) is 0 Å². The summed E-state index contributed by atoms with van der Waals surface area (Å²) in [6.45, 7) is 7.05. The lowest BCUT2D eigenvalue weighted by atomic mass is 10.3. The number of methoxy groups -OCH3 is 1. The van der Waals surface area contributed by atoms with Gasteiger partial charge in [0.05, 0.1) is 19.2 Å². The minimum Gasteiger partial charge on any atom is -0.497 e. The molecule has 7 heteroatoms. The zero-order valence-electron chi connectivity index (χ0n) is 12.8. The van der Waals surface area contributed by atoms with Crippen molar-refractivity contribution in [1.82, 2.24) is 9.71 Å². The molecule has 0 atom stereocenters. The van der Waals surface area contributed by atoms with Crippen molar-refractivity contribution in [3.05, 3.63) is 24.5 Å². The molecule has 0 amide bonds. The highest BCUT2D eigenvalue weighted by molar-refractivity contribution is 6.76. The third kappa shape index (κ3) is 4.22. The Morgan fingerprint density at radius 2 is 2.10 bits per heavy atom. The van der Waals surface area contributed by atoms with Gasteiger partial charge in [-0.1, -0.05) is 19.6 Å². The average Bonchev–Trinajstić information content (AvgIpc) is 2.79. The van der Waals surface area contributed by atoms with Gasteiger partial charge >= 0.3 is 6.16 Å². The maximum absolute atomic E-state index is 11.7. The maximum Gasteiger partial charge on any atom is 0.533 e. The van der Waals surface area contributed by atoms with Gasteiger partial charge in [0, 0.05) is 14.1 Å². The van der Waals surface area contributed by atoms with Gasteiger partial charge in [-0.2, -0.15) is 4.73 Å². The number of carbonyl (C=O) groups excluding carboxylic acids is 1. The van der Waals surface area contributed by atoms with Crippen molar-refractivity contribution in [2.24, 2.45) is 0 Å². The summed E-state index contributed by atoms with van der Waals surface area (Å²) >= 11 is 0. The van der Waals surface area contributed by atoms with Crippen molar-refractivity contribution in [1.29, 1.82) is 0 Å². The summed E-state index contributed by atoms with van der Waals surface area (Å²) in [5, 5.41) is 0. The zero-order chi connectivity index (χ0) is 15.5. The molecule has 114 valence electrons. The number of hydrogen-bond acceptors (Lipinski definition) is 5. The van der Waals surface area contributed by atoms with Crippen molar-refractivity contribution in [3.63, 3.8) is 0 Å². The van der Waals surface area contributed by atoms with Crippen LogP contribution in [-0.4, -0.2) is 37.7 Å². The molecule has 0 unspecified atom stereocenters. The highest BCUT2D eigenvalue weighted by atomic mass is 28.3. The molecule has 0 aliphatic carbocycles.